The molecular weight excluding hydrogens is 583 g/mol. The molecule has 9 rings (SSSR count). The van der Waals surface area contributed by atoms with Gasteiger partial charge in [0.05, 0.1) is 11.0 Å². The minimum atomic E-state index is -0.274. The normalized spacial score (nSPS) is 14.7. The lowest BCUT2D eigenvalue weighted by atomic mass is 10.0. The average molecular weight is 610 g/mol. The predicted octanol–water partition coefficient (Wildman–Crippen LogP) is 9.72. The first-order valence-electron chi connectivity index (χ1n) is 15.3. The number of para-hydroxylation sites is 1. The monoisotopic (exact) mass is 609 g/mol. The Morgan fingerprint density at radius 2 is 1.30 bits per heavy atom. The van der Waals surface area contributed by atoms with E-state index in [-0.39, 0.29) is 6.17 Å². The van der Waals surface area contributed by atoms with Gasteiger partial charge in [-0.05, 0) is 75.7 Å². The molecule has 1 aliphatic rings. The summed E-state index contributed by atoms with van der Waals surface area (Å²) in [6.07, 6.45) is 9.21. The molecule has 5 heterocycles. The highest BCUT2D eigenvalue weighted by molar-refractivity contribution is 7.23. The van der Waals surface area contributed by atoms with Crippen LogP contribution < -0.4 is 5.32 Å². The third-order valence-corrected chi connectivity index (χ3v) is 9.88. The Hall–Kier alpha value is -5.85. The molecule has 1 N–H and O–H groups in total. The quantitative estimate of drug-likeness (QED) is 0.216. The van der Waals surface area contributed by atoms with Crippen LogP contribution in [-0.2, 0) is 0 Å². The van der Waals surface area contributed by atoms with Crippen LogP contribution in [0.25, 0.3) is 59.2 Å². The fraction of sp³-hybridized carbons (Fsp3) is 0.0250. The molecule has 4 aromatic heterocycles. The highest BCUT2D eigenvalue weighted by atomic mass is 32.1. The van der Waals surface area contributed by atoms with Gasteiger partial charge in [0.1, 0.15) is 12.0 Å². The van der Waals surface area contributed by atoms with E-state index in [4.69, 9.17) is 4.99 Å². The van der Waals surface area contributed by atoms with Crippen molar-refractivity contribution in [2.75, 3.05) is 0 Å². The number of benzene rings is 4. The zero-order valence-corrected chi connectivity index (χ0v) is 25.5. The van der Waals surface area contributed by atoms with E-state index < -0.39 is 0 Å². The van der Waals surface area contributed by atoms with Crippen LogP contribution in [0, 0.1) is 0 Å². The predicted molar refractivity (Wildman–Crippen MR) is 191 cm³/mol. The summed E-state index contributed by atoms with van der Waals surface area (Å²) in [5.74, 6) is 0.888. The first kappa shape index (κ1) is 26.5. The van der Waals surface area contributed by atoms with E-state index in [1.807, 2.05) is 60.4 Å². The lowest BCUT2D eigenvalue weighted by molar-refractivity contribution is 0.659. The molecule has 0 saturated carbocycles. The second kappa shape index (κ2) is 10.9. The summed E-state index contributed by atoms with van der Waals surface area (Å²) in [5.41, 5.74) is 8.99. The van der Waals surface area contributed by atoms with Gasteiger partial charge in [0, 0.05) is 56.9 Å². The highest BCUT2D eigenvalue weighted by Crippen LogP contribution is 2.42. The van der Waals surface area contributed by atoms with E-state index in [9.17, 15) is 0 Å². The van der Waals surface area contributed by atoms with Crippen LogP contribution in [0.2, 0.25) is 0 Å². The topological polar surface area (TPSA) is 55.1 Å². The average Bonchev–Trinajstić information content (AvgIpc) is 3.72. The molecule has 8 aromatic rings. The van der Waals surface area contributed by atoms with Crippen molar-refractivity contribution in [1.82, 2.24) is 19.9 Å². The largest absolute Gasteiger partial charge is 0.359 e. The van der Waals surface area contributed by atoms with Crippen molar-refractivity contribution in [2.24, 2.45) is 4.99 Å². The van der Waals surface area contributed by atoms with Gasteiger partial charge in [-0.2, -0.15) is 0 Å². The van der Waals surface area contributed by atoms with Crippen LogP contribution in [0.5, 0.6) is 0 Å². The van der Waals surface area contributed by atoms with Crippen molar-refractivity contribution in [3.63, 3.8) is 0 Å². The van der Waals surface area contributed by atoms with Gasteiger partial charge in [0.25, 0.3) is 0 Å². The number of nitrogens with one attached hydrogen (secondary N) is 1. The Morgan fingerprint density at radius 1 is 0.609 bits per heavy atom. The molecule has 1 unspecified atom stereocenters. The molecule has 4 aromatic carbocycles. The van der Waals surface area contributed by atoms with E-state index in [2.05, 4.69) is 123 Å². The molecule has 0 aliphatic carbocycles. The summed E-state index contributed by atoms with van der Waals surface area (Å²) >= 11 is 1.86. The summed E-state index contributed by atoms with van der Waals surface area (Å²) in [4.78, 5) is 15.0. The number of thiophene rings is 1. The van der Waals surface area contributed by atoms with Crippen molar-refractivity contribution < 1.29 is 0 Å². The Morgan fingerprint density at radius 3 is 2.11 bits per heavy atom. The minimum absolute atomic E-state index is 0.274. The Kier molecular flexibility index (Phi) is 6.32. The molecule has 5 nitrogen and oxygen atoms in total. The number of pyridine rings is 2. The van der Waals surface area contributed by atoms with Crippen molar-refractivity contribution in [2.45, 2.75) is 6.17 Å². The number of fused-ring (bicyclic) bond motifs is 5. The molecule has 0 saturated heterocycles. The first-order valence-corrected chi connectivity index (χ1v) is 16.1. The van der Waals surface area contributed by atoms with E-state index in [1.54, 1.807) is 0 Å². The molecule has 0 radical (unpaired) electrons. The number of hydrogen-bond donors (Lipinski definition) is 1. The second-order valence-electron chi connectivity index (χ2n) is 11.4. The van der Waals surface area contributed by atoms with E-state index in [0.29, 0.717) is 0 Å². The van der Waals surface area contributed by atoms with Crippen molar-refractivity contribution in [1.29, 1.82) is 0 Å². The molecular formula is C40H27N5S. The Bertz CT molecular complexity index is 2420. The number of hydrogen-bond acceptors (Lipinski definition) is 5. The molecule has 1 aliphatic heterocycles. The van der Waals surface area contributed by atoms with Crippen molar-refractivity contribution in [3.8, 4) is 21.6 Å². The van der Waals surface area contributed by atoms with Crippen LogP contribution in [0.15, 0.2) is 157 Å². The van der Waals surface area contributed by atoms with Crippen LogP contribution in [-0.4, -0.2) is 20.4 Å². The first-order chi connectivity index (χ1) is 22.8. The maximum absolute atomic E-state index is 5.33. The van der Waals surface area contributed by atoms with Crippen LogP contribution >= 0.6 is 11.3 Å². The maximum atomic E-state index is 5.33. The van der Waals surface area contributed by atoms with Crippen LogP contribution in [0.3, 0.4) is 0 Å². The molecule has 0 spiro atoms. The summed E-state index contributed by atoms with van der Waals surface area (Å²) < 4.78 is 3.62. The molecule has 0 amide bonds. The van der Waals surface area contributed by atoms with Gasteiger partial charge in [-0.15, -0.1) is 11.3 Å². The van der Waals surface area contributed by atoms with Gasteiger partial charge in [-0.3, -0.25) is 14.5 Å². The molecule has 0 fully saturated rings. The van der Waals surface area contributed by atoms with E-state index >= 15 is 0 Å². The molecule has 0 bridgehead atoms. The lowest BCUT2D eigenvalue weighted by Gasteiger charge is -2.25. The summed E-state index contributed by atoms with van der Waals surface area (Å²) in [6.45, 7) is 0. The van der Waals surface area contributed by atoms with E-state index in [1.165, 1.54) is 31.3 Å². The number of aromatic nitrogens is 3. The Balaban J connectivity index is 1.23. The lowest BCUT2D eigenvalue weighted by Crippen LogP contribution is -2.27. The van der Waals surface area contributed by atoms with Gasteiger partial charge in [-0.1, -0.05) is 78.9 Å². The SMILES string of the molecule is C1=C(c2ccc(-c3ccncc3)cc2)NC(c2ccncc2)N=C1n1c2ccccc2c2c3sc(-c4ccccc4)cc3ccc21. The van der Waals surface area contributed by atoms with Gasteiger partial charge >= 0.3 is 0 Å². The van der Waals surface area contributed by atoms with Crippen LogP contribution in [0.4, 0.5) is 0 Å². The third-order valence-electron chi connectivity index (χ3n) is 8.67. The molecule has 218 valence electrons. The standard InChI is InChI=1S/C40H27N5S/c1-2-6-29(7-3-1)36-24-31-14-15-35-38(39(31)46-36)32-8-4-5-9-34(32)45(35)37-25-33(43-40(44-37)30-18-22-42-23-19-30)28-12-10-26(11-13-28)27-16-20-41-21-17-27/h1-25,40,43H. The number of aliphatic imine (C=N–C) groups is 1. The number of allylic oxidation sites excluding steroid dienone is 1. The highest BCUT2D eigenvalue weighted by Gasteiger charge is 2.23. The smallest absolute Gasteiger partial charge is 0.147 e. The Labute approximate surface area is 269 Å². The third kappa shape index (κ3) is 4.50. The zero-order chi connectivity index (χ0) is 30.5. The maximum Gasteiger partial charge on any atom is 0.147 e. The molecule has 1 atom stereocenters. The van der Waals surface area contributed by atoms with Gasteiger partial charge in [0.15, 0.2) is 0 Å². The molecule has 46 heavy (non-hydrogen) atoms. The second-order valence-corrected chi connectivity index (χ2v) is 12.4. The number of rotatable bonds is 4. The van der Waals surface area contributed by atoms with Crippen molar-refractivity contribution >= 4 is 54.8 Å². The molecule has 6 heteroatoms. The summed E-state index contributed by atoms with van der Waals surface area (Å²) in [6, 6.07) is 43.0. The van der Waals surface area contributed by atoms with Gasteiger partial charge in [0.2, 0.25) is 0 Å². The van der Waals surface area contributed by atoms with Gasteiger partial charge in [-0.25, -0.2) is 4.99 Å². The summed E-state index contributed by atoms with van der Waals surface area (Å²) in [7, 11) is 0. The fourth-order valence-corrected chi connectivity index (χ4v) is 7.66. The number of nitrogens with zero attached hydrogens (tertiary/aromatic N) is 4. The van der Waals surface area contributed by atoms with Crippen LogP contribution in [0.1, 0.15) is 17.3 Å². The zero-order valence-electron chi connectivity index (χ0n) is 24.7. The summed E-state index contributed by atoms with van der Waals surface area (Å²) in [5, 5.41) is 7.45. The van der Waals surface area contributed by atoms with Crippen molar-refractivity contribution in [3.05, 3.63) is 163 Å². The minimum Gasteiger partial charge on any atom is -0.359 e. The van der Waals surface area contributed by atoms with E-state index in [0.717, 1.165) is 44.8 Å². The fourth-order valence-electron chi connectivity index (χ4n) is 6.44. The van der Waals surface area contributed by atoms with Gasteiger partial charge < -0.3 is 5.32 Å².